The molecule has 19 heavy (non-hydrogen) atoms. The molecule has 0 atom stereocenters. The summed E-state index contributed by atoms with van der Waals surface area (Å²) in [6.45, 7) is 3.93. The number of hydrogen-bond donors (Lipinski definition) is 1. The number of hydrogen-bond acceptors (Lipinski definition) is 3. The van der Waals surface area contributed by atoms with Gasteiger partial charge in [-0.15, -0.1) is 0 Å². The maximum atomic E-state index is 12.5. The molecule has 0 aliphatic rings. The number of ketones is 1. The Morgan fingerprint density at radius 3 is 2.74 bits per heavy atom. The quantitative estimate of drug-likeness (QED) is 0.683. The van der Waals surface area contributed by atoms with Crippen molar-refractivity contribution < 1.29 is 4.79 Å². The van der Waals surface area contributed by atoms with Crippen LogP contribution in [0.5, 0.6) is 0 Å². The first kappa shape index (κ1) is 14.1. The van der Waals surface area contributed by atoms with Crippen LogP contribution in [0.25, 0.3) is 0 Å². The molecule has 100 valence electrons. The summed E-state index contributed by atoms with van der Waals surface area (Å²) in [7, 11) is 0. The SMILES string of the molecule is CC(C)n1ncc(Br)c1C(=O)c1ccc(N)c(Cl)c1. The average Bonchev–Trinajstić information content (AvgIpc) is 2.74. The summed E-state index contributed by atoms with van der Waals surface area (Å²) in [6.07, 6.45) is 1.62. The normalized spacial score (nSPS) is 11.0. The van der Waals surface area contributed by atoms with Gasteiger partial charge in [-0.3, -0.25) is 9.48 Å². The van der Waals surface area contributed by atoms with Crippen molar-refractivity contribution in [1.82, 2.24) is 9.78 Å². The van der Waals surface area contributed by atoms with E-state index in [-0.39, 0.29) is 11.8 Å². The summed E-state index contributed by atoms with van der Waals surface area (Å²) in [5, 5.41) is 4.57. The summed E-state index contributed by atoms with van der Waals surface area (Å²) >= 11 is 9.30. The molecule has 0 spiro atoms. The summed E-state index contributed by atoms with van der Waals surface area (Å²) in [4.78, 5) is 12.5. The molecule has 1 heterocycles. The Hall–Kier alpha value is -1.33. The third kappa shape index (κ3) is 2.67. The van der Waals surface area contributed by atoms with E-state index in [1.165, 1.54) is 0 Å². The van der Waals surface area contributed by atoms with Crippen molar-refractivity contribution in [3.05, 3.63) is 45.1 Å². The smallest absolute Gasteiger partial charge is 0.212 e. The number of carbonyl (C=O) groups is 1. The minimum absolute atomic E-state index is 0.0921. The Morgan fingerprint density at radius 2 is 2.16 bits per heavy atom. The van der Waals surface area contributed by atoms with Gasteiger partial charge in [-0.1, -0.05) is 11.6 Å². The van der Waals surface area contributed by atoms with Gasteiger partial charge in [-0.25, -0.2) is 0 Å². The predicted octanol–water partition coefficient (Wildman–Crippen LogP) is 3.69. The fourth-order valence-electron chi connectivity index (χ4n) is 1.75. The number of nitrogen functional groups attached to an aromatic ring is 1. The zero-order valence-electron chi connectivity index (χ0n) is 10.5. The van der Waals surface area contributed by atoms with Gasteiger partial charge in [0.05, 0.1) is 21.4 Å². The molecule has 0 amide bonds. The Balaban J connectivity index is 2.49. The van der Waals surface area contributed by atoms with E-state index in [2.05, 4.69) is 21.0 Å². The number of rotatable bonds is 3. The number of nitrogens with two attached hydrogens (primary N) is 1. The molecule has 6 heteroatoms. The topological polar surface area (TPSA) is 60.9 Å². The Kier molecular flexibility index (Phi) is 3.96. The highest BCUT2D eigenvalue weighted by Crippen LogP contribution is 2.25. The zero-order valence-corrected chi connectivity index (χ0v) is 12.9. The number of anilines is 1. The molecular weight excluding hydrogens is 330 g/mol. The Bertz CT molecular complexity index is 637. The van der Waals surface area contributed by atoms with E-state index in [0.29, 0.717) is 26.4 Å². The first-order chi connectivity index (χ1) is 8.91. The van der Waals surface area contributed by atoms with Crippen molar-refractivity contribution in [3.63, 3.8) is 0 Å². The molecular formula is C13H13BrClN3O. The predicted molar refractivity (Wildman–Crippen MR) is 79.6 cm³/mol. The van der Waals surface area contributed by atoms with Crippen LogP contribution in [-0.4, -0.2) is 15.6 Å². The monoisotopic (exact) mass is 341 g/mol. The Labute approximate surface area is 124 Å². The molecule has 2 N–H and O–H groups in total. The van der Waals surface area contributed by atoms with E-state index < -0.39 is 0 Å². The van der Waals surface area contributed by atoms with Gasteiger partial charge >= 0.3 is 0 Å². The van der Waals surface area contributed by atoms with Crippen molar-refractivity contribution >= 4 is 39.0 Å². The molecule has 1 aromatic carbocycles. The fraction of sp³-hybridized carbons (Fsp3) is 0.231. The molecule has 0 saturated heterocycles. The Morgan fingerprint density at radius 1 is 1.47 bits per heavy atom. The van der Waals surface area contributed by atoms with Crippen molar-refractivity contribution in [2.24, 2.45) is 0 Å². The molecule has 0 fully saturated rings. The van der Waals surface area contributed by atoms with Gasteiger partial charge < -0.3 is 5.73 Å². The molecule has 2 rings (SSSR count). The summed E-state index contributed by atoms with van der Waals surface area (Å²) in [6, 6.07) is 4.95. The van der Waals surface area contributed by atoms with E-state index >= 15 is 0 Å². The average molecular weight is 343 g/mol. The highest BCUT2D eigenvalue weighted by Gasteiger charge is 2.20. The van der Waals surface area contributed by atoms with Crippen LogP contribution < -0.4 is 5.73 Å². The van der Waals surface area contributed by atoms with E-state index in [0.717, 1.165) is 0 Å². The van der Waals surface area contributed by atoms with Gasteiger partial charge in [0.25, 0.3) is 0 Å². The van der Waals surface area contributed by atoms with Gasteiger partial charge in [0, 0.05) is 11.6 Å². The maximum absolute atomic E-state index is 12.5. The van der Waals surface area contributed by atoms with Crippen molar-refractivity contribution in [2.45, 2.75) is 19.9 Å². The fourth-order valence-corrected chi connectivity index (χ4v) is 2.38. The van der Waals surface area contributed by atoms with Crippen LogP contribution in [-0.2, 0) is 0 Å². The number of halogens is 2. The molecule has 0 radical (unpaired) electrons. The zero-order chi connectivity index (χ0) is 14.2. The minimum Gasteiger partial charge on any atom is -0.398 e. The summed E-state index contributed by atoms with van der Waals surface area (Å²) in [5.41, 5.74) is 7.10. The van der Waals surface area contributed by atoms with Crippen LogP contribution in [0.2, 0.25) is 5.02 Å². The van der Waals surface area contributed by atoms with Crippen LogP contribution in [0.1, 0.15) is 35.9 Å². The lowest BCUT2D eigenvalue weighted by Gasteiger charge is -2.11. The largest absolute Gasteiger partial charge is 0.398 e. The van der Waals surface area contributed by atoms with Crippen molar-refractivity contribution in [1.29, 1.82) is 0 Å². The lowest BCUT2D eigenvalue weighted by molar-refractivity contribution is 0.102. The van der Waals surface area contributed by atoms with Crippen LogP contribution in [0.15, 0.2) is 28.9 Å². The first-order valence-corrected chi connectivity index (χ1v) is 6.91. The molecule has 1 aromatic heterocycles. The van der Waals surface area contributed by atoms with Crippen molar-refractivity contribution in [2.75, 3.05) is 5.73 Å². The highest BCUT2D eigenvalue weighted by molar-refractivity contribution is 9.10. The molecule has 0 aliphatic carbocycles. The van der Waals surface area contributed by atoms with Crippen LogP contribution in [0.3, 0.4) is 0 Å². The first-order valence-electron chi connectivity index (χ1n) is 5.74. The second kappa shape index (κ2) is 5.35. The molecule has 0 unspecified atom stereocenters. The molecule has 2 aromatic rings. The van der Waals surface area contributed by atoms with Crippen LogP contribution >= 0.6 is 27.5 Å². The van der Waals surface area contributed by atoms with Gasteiger partial charge in [0.1, 0.15) is 5.69 Å². The molecule has 0 bridgehead atoms. The van der Waals surface area contributed by atoms with Gasteiger partial charge in [-0.2, -0.15) is 5.10 Å². The number of carbonyl (C=O) groups excluding carboxylic acids is 1. The second-order valence-electron chi connectivity index (χ2n) is 4.44. The number of benzene rings is 1. The minimum atomic E-state index is -0.139. The van der Waals surface area contributed by atoms with E-state index in [1.54, 1.807) is 29.1 Å². The summed E-state index contributed by atoms with van der Waals surface area (Å²) < 4.78 is 2.34. The highest BCUT2D eigenvalue weighted by atomic mass is 79.9. The van der Waals surface area contributed by atoms with Crippen LogP contribution in [0.4, 0.5) is 5.69 Å². The van der Waals surface area contributed by atoms with Gasteiger partial charge in [-0.05, 0) is 48.0 Å². The standard InChI is InChI=1S/C13H13BrClN3O/c1-7(2)18-12(9(14)6-17-18)13(19)8-3-4-11(16)10(15)5-8/h3-7H,16H2,1-2H3. The lowest BCUT2D eigenvalue weighted by atomic mass is 10.1. The second-order valence-corrected chi connectivity index (χ2v) is 5.71. The molecule has 0 aliphatic heterocycles. The third-order valence-electron chi connectivity index (χ3n) is 2.72. The summed E-state index contributed by atoms with van der Waals surface area (Å²) in [5.74, 6) is -0.139. The number of nitrogens with zero attached hydrogens (tertiary/aromatic N) is 2. The number of aromatic nitrogens is 2. The maximum Gasteiger partial charge on any atom is 0.212 e. The van der Waals surface area contributed by atoms with E-state index in [1.807, 2.05) is 13.8 Å². The third-order valence-corrected chi connectivity index (χ3v) is 3.63. The van der Waals surface area contributed by atoms with Crippen LogP contribution in [0, 0.1) is 0 Å². The molecule has 0 saturated carbocycles. The van der Waals surface area contributed by atoms with Gasteiger partial charge in [0.15, 0.2) is 0 Å². The lowest BCUT2D eigenvalue weighted by Crippen LogP contribution is -2.14. The van der Waals surface area contributed by atoms with Crippen molar-refractivity contribution in [3.8, 4) is 0 Å². The van der Waals surface area contributed by atoms with E-state index in [4.69, 9.17) is 17.3 Å². The molecule has 4 nitrogen and oxygen atoms in total. The van der Waals surface area contributed by atoms with Gasteiger partial charge in [0.2, 0.25) is 5.78 Å². The van der Waals surface area contributed by atoms with E-state index in [9.17, 15) is 4.79 Å².